The maximum absolute atomic E-state index is 11.8. The Balaban J connectivity index is 1.91. The molecular formula is C14H16N2O2. The van der Waals surface area contributed by atoms with E-state index >= 15 is 0 Å². The average molecular weight is 244 g/mol. The van der Waals surface area contributed by atoms with Gasteiger partial charge in [-0.1, -0.05) is 12.1 Å². The molecule has 1 amide bonds. The van der Waals surface area contributed by atoms with Crippen molar-refractivity contribution in [3.05, 3.63) is 54.0 Å². The standard InChI is InChI=1S/C14H16N2O2/c1-10(13-3-2-8-18-13)16-14(17)9-11-4-6-12(15)7-5-11/h2-8,10H,9,15H2,1H3,(H,16,17)/t10-/m0/s1. The van der Waals surface area contributed by atoms with Gasteiger partial charge in [-0.2, -0.15) is 0 Å². The lowest BCUT2D eigenvalue weighted by atomic mass is 10.1. The number of amides is 1. The van der Waals surface area contributed by atoms with Gasteiger partial charge >= 0.3 is 0 Å². The van der Waals surface area contributed by atoms with Crippen LogP contribution < -0.4 is 11.1 Å². The molecule has 0 saturated heterocycles. The minimum atomic E-state index is -0.124. The zero-order valence-electron chi connectivity index (χ0n) is 10.2. The second kappa shape index (κ2) is 5.40. The van der Waals surface area contributed by atoms with Gasteiger partial charge in [0.15, 0.2) is 0 Å². The fraction of sp³-hybridized carbons (Fsp3) is 0.214. The number of anilines is 1. The number of carbonyl (C=O) groups is 1. The highest BCUT2D eigenvalue weighted by Gasteiger charge is 2.11. The van der Waals surface area contributed by atoms with E-state index in [1.165, 1.54) is 0 Å². The van der Waals surface area contributed by atoms with Gasteiger partial charge in [0.25, 0.3) is 0 Å². The zero-order valence-corrected chi connectivity index (χ0v) is 10.2. The summed E-state index contributed by atoms with van der Waals surface area (Å²) in [5.74, 6) is 0.712. The molecule has 1 aromatic heterocycles. The van der Waals surface area contributed by atoms with E-state index in [4.69, 9.17) is 10.2 Å². The Labute approximate surface area is 106 Å². The highest BCUT2D eigenvalue weighted by Crippen LogP contribution is 2.13. The van der Waals surface area contributed by atoms with E-state index in [2.05, 4.69) is 5.32 Å². The fourth-order valence-corrected chi connectivity index (χ4v) is 1.72. The Bertz CT molecular complexity index is 503. The van der Waals surface area contributed by atoms with Crippen LogP contribution in [0.25, 0.3) is 0 Å². The van der Waals surface area contributed by atoms with E-state index in [1.807, 2.05) is 25.1 Å². The van der Waals surface area contributed by atoms with Crippen LogP contribution in [0.2, 0.25) is 0 Å². The predicted octanol–water partition coefficient (Wildman–Crippen LogP) is 2.28. The summed E-state index contributed by atoms with van der Waals surface area (Å²) in [4.78, 5) is 11.8. The Morgan fingerprint density at radius 3 is 2.67 bits per heavy atom. The first-order chi connectivity index (χ1) is 8.65. The molecule has 0 bridgehead atoms. The lowest BCUT2D eigenvalue weighted by Gasteiger charge is -2.11. The van der Waals surface area contributed by atoms with Crippen LogP contribution >= 0.6 is 0 Å². The normalized spacial score (nSPS) is 12.1. The first-order valence-electron chi connectivity index (χ1n) is 5.82. The number of nitrogen functional groups attached to an aromatic ring is 1. The first-order valence-corrected chi connectivity index (χ1v) is 5.82. The summed E-state index contributed by atoms with van der Waals surface area (Å²) in [6.07, 6.45) is 1.93. The quantitative estimate of drug-likeness (QED) is 0.811. The number of carbonyl (C=O) groups excluding carboxylic acids is 1. The number of hydrogen-bond acceptors (Lipinski definition) is 3. The van der Waals surface area contributed by atoms with Gasteiger partial charge in [0.1, 0.15) is 5.76 Å². The molecule has 0 aliphatic carbocycles. The Kier molecular flexibility index (Phi) is 3.67. The second-order valence-corrected chi connectivity index (χ2v) is 4.22. The summed E-state index contributed by atoms with van der Waals surface area (Å²) in [6, 6.07) is 10.8. The van der Waals surface area contributed by atoms with Crippen LogP contribution in [0.1, 0.15) is 24.3 Å². The summed E-state index contributed by atoms with van der Waals surface area (Å²) in [6.45, 7) is 1.89. The summed E-state index contributed by atoms with van der Waals surface area (Å²) in [5.41, 5.74) is 7.23. The van der Waals surface area contributed by atoms with Gasteiger partial charge in [0.2, 0.25) is 5.91 Å². The highest BCUT2D eigenvalue weighted by atomic mass is 16.3. The molecule has 0 aliphatic rings. The molecule has 4 nitrogen and oxygen atoms in total. The second-order valence-electron chi connectivity index (χ2n) is 4.22. The largest absolute Gasteiger partial charge is 0.467 e. The average Bonchev–Trinajstić information content (AvgIpc) is 2.85. The SMILES string of the molecule is C[C@H](NC(=O)Cc1ccc(N)cc1)c1ccco1. The van der Waals surface area contributed by atoms with Gasteiger partial charge in [-0.15, -0.1) is 0 Å². The molecule has 0 saturated carbocycles. The van der Waals surface area contributed by atoms with E-state index in [9.17, 15) is 4.79 Å². The Hall–Kier alpha value is -2.23. The molecule has 2 aromatic rings. The molecule has 0 unspecified atom stereocenters. The van der Waals surface area contributed by atoms with Crippen molar-refractivity contribution in [3.63, 3.8) is 0 Å². The predicted molar refractivity (Wildman–Crippen MR) is 69.8 cm³/mol. The molecule has 1 atom stereocenters. The van der Waals surface area contributed by atoms with Crippen LogP contribution in [-0.4, -0.2) is 5.91 Å². The monoisotopic (exact) mass is 244 g/mol. The van der Waals surface area contributed by atoms with Crippen LogP contribution in [0.15, 0.2) is 47.1 Å². The minimum Gasteiger partial charge on any atom is -0.467 e. The van der Waals surface area contributed by atoms with Crippen LogP contribution in [0.4, 0.5) is 5.69 Å². The van der Waals surface area contributed by atoms with E-state index in [0.717, 1.165) is 11.3 Å². The molecule has 2 rings (SSSR count). The molecule has 0 aliphatic heterocycles. The Morgan fingerprint density at radius 2 is 2.06 bits per heavy atom. The molecule has 1 heterocycles. The molecule has 4 heteroatoms. The van der Waals surface area contributed by atoms with Crippen molar-refractivity contribution in [1.29, 1.82) is 0 Å². The fourth-order valence-electron chi connectivity index (χ4n) is 1.72. The number of hydrogen-bond donors (Lipinski definition) is 2. The lowest BCUT2D eigenvalue weighted by Crippen LogP contribution is -2.27. The third-order valence-electron chi connectivity index (χ3n) is 2.69. The van der Waals surface area contributed by atoms with Crippen molar-refractivity contribution in [3.8, 4) is 0 Å². The van der Waals surface area contributed by atoms with E-state index in [1.54, 1.807) is 24.5 Å². The number of nitrogens with one attached hydrogen (secondary N) is 1. The van der Waals surface area contributed by atoms with Crippen LogP contribution in [0, 0.1) is 0 Å². The third kappa shape index (κ3) is 3.13. The van der Waals surface area contributed by atoms with Crippen molar-refractivity contribution in [1.82, 2.24) is 5.32 Å². The Morgan fingerprint density at radius 1 is 1.33 bits per heavy atom. The number of nitrogens with two attached hydrogens (primary N) is 1. The molecule has 18 heavy (non-hydrogen) atoms. The van der Waals surface area contributed by atoms with Gasteiger partial charge < -0.3 is 15.5 Å². The van der Waals surface area contributed by atoms with E-state index < -0.39 is 0 Å². The van der Waals surface area contributed by atoms with Gasteiger partial charge in [-0.3, -0.25) is 4.79 Å². The number of benzene rings is 1. The van der Waals surface area contributed by atoms with Crippen molar-refractivity contribution in [2.75, 3.05) is 5.73 Å². The van der Waals surface area contributed by atoms with Gasteiger partial charge in [0, 0.05) is 5.69 Å². The zero-order chi connectivity index (χ0) is 13.0. The van der Waals surface area contributed by atoms with Crippen molar-refractivity contribution < 1.29 is 9.21 Å². The highest BCUT2D eigenvalue weighted by molar-refractivity contribution is 5.79. The van der Waals surface area contributed by atoms with Gasteiger partial charge in [-0.25, -0.2) is 0 Å². The lowest BCUT2D eigenvalue weighted by molar-refractivity contribution is -0.121. The smallest absolute Gasteiger partial charge is 0.224 e. The van der Waals surface area contributed by atoms with Crippen LogP contribution in [0.5, 0.6) is 0 Å². The molecule has 0 radical (unpaired) electrons. The summed E-state index contributed by atoms with van der Waals surface area (Å²) in [7, 11) is 0. The van der Waals surface area contributed by atoms with Gasteiger partial charge in [-0.05, 0) is 36.8 Å². The van der Waals surface area contributed by atoms with E-state index in [-0.39, 0.29) is 11.9 Å². The van der Waals surface area contributed by atoms with Gasteiger partial charge in [0.05, 0.1) is 18.7 Å². The molecule has 94 valence electrons. The summed E-state index contributed by atoms with van der Waals surface area (Å²) < 4.78 is 5.23. The maximum Gasteiger partial charge on any atom is 0.224 e. The number of furan rings is 1. The maximum atomic E-state index is 11.8. The van der Waals surface area contributed by atoms with Crippen LogP contribution in [-0.2, 0) is 11.2 Å². The first kappa shape index (κ1) is 12.2. The van der Waals surface area contributed by atoms with Crippen LogP contribution in [0.3, 0.4) is 0 Å². The molecular weight excluding hydrogens is 228 g/mol. The number of rotatable bonds is 4. The third-order valence-corrected chi connectivity index (χ3v) is 2.69. The topological polar surface area (TPSA) is 68.3 Å². The minimum absolute atomic E-state index is 0.0383. The molecule has 3 N–H and O–H groups in total. The van der Waals surface area contributed by atoms with Crippen molar-refractivity contribution in [2.24, 2.45) is 0 Å². The molecule has 1 aromatic carbocycles. The molecule has 0 spiro atoms. The van der Waals surface area contributed by atoms with Crippen molar-refractivity contribution in [2.45, 2.75) is 19.4 Å². The molecule has 0 fully saturated rings. The van der Waals surface area contributed by atoms with Crippen molar-refractivity contribution >= 4 is 11.6 Å². The van der Waals surface area contributed by atoms with E-state index in [0.29, 0.717) is 12.1 Å². The summed E-state index contributed by atoms with van der Waals surface area (Å²) in [5, 5.41) is 2.88. The summed E-state index contributed by atoms with van der Waals surface area (Å²) >= 11 is 0.